The summed E-state index contributed by atoms with van der Waals surface area (Å²) in [5.74, 6) is -1.64. The molecule has 5 nitrogen and oxygen atoms in total. The normalized spacial score (nSPS) is 13.2. The molecule has 0 radical (unpaired) electrons. The van der Waals surface area contributed by atoms with Gasteiger partial charge in [-0.3, -0.25) is 9.59 Å². The summed E-state index contributed by atoms with van der Waals surface area (Å²) in [5.41, 5.74) is 2.85. The van der Waals surface area contributed by atoms with E-state index < -0.39 is 11.6 Å². The average molecular weight is 394 g/mol. The van der Waals surface area contributed by atoms with E-state index in [9.17, 15) is 23.5 Å². The molecule has 0 fully saturated rings. The number of nitrogens with one attached hydrogen (secondary N) is 1. The molecule has 0 bridgehead atoms. The van der Waals surface area contributed by atoms with Gasteiger partial charge in [-0.1, -0.05) is 12.1 Å². The second kappa shape index (κ2) is 7.35. The molecule has 7 heteroatoms. The fraction of sp³-hybridized carbons (Fsp3) is 0.0909. The van der Waals surface area contributed by atoms with Crippen LogP contribution in [0, 0.1) is 11.6 Å². The van der Waals surface area contributed by atoms with E-state index in [1.165, 1.54) is 24.3 Å². The number of carbonyl (C=O) groups is 2. The number of hydrogen-bond acceptors (Lipinski definition) is 3. The Morgan fingerprint density at radius 3 is 2.55 bits per heavy atom. The molecule has 0 spiro atoms. The second-order valence-corrected chi connectivity index (χ2v) is 6.67. The molecule has 1 aliphatic heterocycles. The minimum atomic E-state index is -0.659. The van der Waals surface area contributed by atoms with Gasteiger partial charge < -0.3 is 15.3 Å². The molecule has 3 aromatic rings. The highest BCUT2D eigenvalue weighted by Gasteiger charge is 2.26. The third kappa shape index (κ3) is 3.42. The van der Waals surface area contributed by atoms with Crippen molar-refractivity contribution in [3.8, 4) is 16.9 Å². The van der Waals surface area contributed by atoms with E-state index in [4.69, 9.17) is 0 Å². The molecule has 0 aliphatic carbocycles. The van der Waals surface area contributed by atoms with Crippen LogP contribution < -0.4 is 10.2 Å². The number of phenols is 1. The van der Waals surface area contributed by atoms with E-state index in [2.05, 4.69) is 5.32 Å². The standard InChI is InChI=1S/C22H16F2N2O3/c23-15-2-5-17(19(24)10-15)13-1-4-18-14(9-13)7-8-26(22(18)29)16-3-6-21(28)20(11-16)25-12-27/h1-6,9-12,28H,7-8H2,(H,25,27). The molecule has 4 rings (SSSR count). The van der Waals surface area contributed by atoms with Gasteiger partial charge in [0, 0.05) is 29.4 Å². The van der Waals surface area contributed by atoms with Gasteiger partial charge in [0.05, 0.1) is 5.69 Å². The van der Waals surface area contributed by atoms with E-state index in [-0.39, 0.29) is 22.9 Å². The van der Waals surface area contributed by atoms with Crippen LogP contribution in [0.15, 0.2) is 54.6 Å². The maximum atomic E-state index is 14.1. The molecule has 0 saturated carbocycles. The number of rotatable bonds is 4. The summed E-state index contributed by atoms with van der Waals surface area (Å²) in [6, 6.07) is 12.9. The molecule has 0 atom stereocenters. The number of halogens is 2. The zero-order valence-electron chi connectivity index (χ0n) is 15.2. The van der Waals surface area contributed by atoms with Crippen molar-refractivity contribution in [1.29, 1.82) is 0 Å². The predicted octanol–water partition coefficient (Wildman–Crippen LogP) is 4.11. The van der Waals surface area contributed by atoms with Gasteiger partial charge in [0.15, 0.2) is 0 Å². The SMILES string of the molecule is O=CNc1cc(N2CCc3cc(-c4ccc(F)cc4F)ccc3C2=O)ccc1O. The lowest BCUT2D eigenvalue weighted by Crippen LogP contribution is -2.37. The van der Waals surface area contributed by atoms with Gasteiger partial charge in [-0.05, 0) is 53.9 Å². The van der Waals surface area contributed by atoms with Gasteiger partial charge in [-0.15, -0.1) is 0 Å². The molecule has 2 amide bonds. The van der Waals surface area contributed by atoms with Crippen LogP contribution >= 0.6 is 0 Å². The summed E-state index contributed by atoms with van der Waals surface area (Å²) in [6.07, 6.45) is 0.983. The average Bonchev–Trinajstić information content (AvgIpc) is 2.70. The van der Waals surface area contributed by atoms with E-state index in [0.717, 1.165) is 11.6 Å². The maximum Gasteiger partial charge on any atom is 0.258 e. The van der Waals surface area contributed by atoms with Crippen LogP contribution in [-0.2, 0) is 11.2 Å². The van der Waals surface area contributed by atoms with Crippen molar-refractivity contribution in [2.75, 3.05) is 16.8 Å². The number of anilines is 2. The van der Waals surface area contributed by atoms with Crippen LogP contribution in [0.1, 0.15) is 15.9 Å². The van der Waals surface area contributed by atoms with Crippen LogP contribution in [0.3, 0.4) is 0 Å². The van der Waals surface area contributed by atoms with Crippen molar-refractivity contribution < 1.29 is 23.5 Å². The monoisotopic (exact) mass is 394 g/mol. The summed E-state index contributed by atoms with van der Waals surface area (Å²) in [4.78, 5) is 25.2. The Kier molecular flexibility index (Phi) is 4.72. The minimum absolute atomic E-state index is 0.100. The predicted molar refractivity (Wildman–Crippen MR) is 105 cm³/mol. The fourth-order valence-corrected chi connectivity index (χ4v) is 3.50. The first-order valence-electron chi connectivity index (χ1n) is 8.91. The number of fused-ring (bicyclic) bond motifs is 1. The van der Waals surface area contributed by atoms with Crippen molar-refractivity contribution >= 4 is 23.7 Å². The van der Waals surface area contributed by atoms with Crippen LogP contribution in [0.4, 0.5) is 20.2 Å². The van der Waals surface area contributed by atoms with Crippen molar-refractivity contribution in [2.45, 2.75) is 6.42 Å². The molecule has 146 valence electrons. The largest absolute Gasteiger partial charge is 0.506 e. The van der Waals surface area contributed by atoms with Gasteiger partial charge in [0.1, 0.15) is 17.4 Å². The Bertz CT molecular complexity index is 1130. The molecule has 2 N–H and O–H groups in total. The van der Waals surface area contributed by atoms with Crippen LogP contribution in [0.25, 0.3) is 11.1 Å². The first kappa shape index (κ1) is 18.6. The first-order chi connectivity index (χ1) is 14.0. The van der Waals surface area contributed by atoms with Crippen molar-refractivity contribution in [3.63, 3.8) is 0 Å². The maximum absolute atomic E-state index is 14.1. The van der Waals surface area contributed by atoms with Crippen LogP contribution in [0.2, 0.25) is 0 Å². The van der Waals surface area contributed by atoms with Gasteiger partial charge in [-0.25, -0.2) is 8.78 Å². The quantitative estimate of drug-likeness (QED) is 0.517. The number of carbonyl (C=O) groups excluding carboxylic acids is 2. The van der Waals surface area contributed by atoms with E-state index in [0.29, 0.717) is 36.2 Å². The summed E-state index contributed by atoms with van der Waals surface area (Å²) in [7, 11) is 0. The minimum Gasteiger partial charge on any atom is -0.506 e. The molecule has 0 unspecified atom stereocenters. The van der Waals surface area contributed by atoms with Crippen molar-refractivity contribution in [3.05, 3.63) is 77.4 Å². The van der Waals surface area contributed by atoms with Crippen LogP contribution in [-0.4, -0.2) is 24.0 Å². The summed E-state index contributed by atoms with van der Waals surface area (Å²) in [6.45, 7) is 0.381. The van der Waals surface area contributed by atoms with E-state index in [1.54, 1.807) is 29.2 Å². The lowest BCUT2D eigenvalue weighted by atomic mass is 9.93. The lowest BCUT2D eigenvalue weighted by Gasteiger charge is -2.29. The molecular weight excluding hydrogens is 378 g/mol. The summed E-state index contributed by atoms with van der Waals surface area (Å²) in [5, 5.41) is 12.2. The summed E-state index contributed by atoms with van der Waals surface area (Å²) < 4.78 is 27.3. The zero-order chi connectivity index (χ0) is 20.5. The Morgan fingerprint density at radius 2 is 1.79 bits per heavy atom. The molecule has 3 aromatic carbocycles. The Labute approximate surface area is 165 Å². The van der Waals surface area contributed by atoms with Crippen LogP contribution in [0.5, 0.6) is 5.75 Å². The summed E-state index contributed by atoms with van der Waals surface area (Å²) >= 11 is 0. The number of phenolic OH excluding ortho intramolecular Hbond substituents is 1. The lowest BCUT2D eigenvalue weighted by molar-refractivity contribution is -0.105. The third-order valence-corrected chi connectivity index (χ3v) is 4.93. The van der Waals surface area contributed by atoms with Gasteiger partial charge >= 0.3 is 0 Å². The fourth-order valence-electron chi connectivity index (χ4n) is 3.50. The number of nitrogens with zero attached hydrogens (tertiary/aromatic N) is 1. The second-order valence-electron chi connectivity index (χ2n) is 6.67. The Hall–Kier alpha value is -3.74. The number of amides is 2. The highest BCUT2D eigenvalue weighted by Crippen LogP contribution is 2.33. The molecule has 0 aromatic heterocycles. The number of aromatic hydroxyl groups is 1. The Morgan fingerprint density at radius 1 is 1.00 bits per heavy atom. The van der Waals surface area contributed by atoms with Gasteiger partial charge in [0.2, 0.25) is 6.41 Å². The molecular formula is C22H16F2N2O3. The van der Waals surface area contributed by atoms with Crippen molar-refractivity contribution in [2.24, 2.45) is 0 Å². The van der Waals surface area contributed by atoms with Gasteiger partial charge in [0.25, 0.3) is 5.91 Å². The van der Waals surface area contributed by atoms with E-state index >= 15 is 0 Å². The first-order valence-corrected chi connectivity index (χ1v) is 8.91. The molecule has 29 heavy (non-hydrogen) atoms. The smallest absolute Gasteiger partial charge is 0.258 e. The molecule has 1 aliphatic rings. The van der Waals surface area contributed by atoms with E-state index in [1.807, 2.05) is 0 Å². The number of benzene rings is 3. The molecule has 1 heterocycles. The number of hydrogen-bond donors (Lipinski definition) is 2. The third-order valence-electron chi connectivity index (χ3n) is 4.93. The van der Waals surface area contributed by atoms with Gasteiger partial charge in [-0.2, -0.15) is 0 Å². The zero-order valence-corrected chi connectivity index (χ0v) is 15.2. The highest BCUT2D eigenvalue weighted by atomic mass is 19.1. The Balaban J connectivity index is 1.67. The molecule has 0 saturated heterocycles. The highest BCUT2D eigenvalue weighted by molar-refractivity contribution is 6.08. The topological polar surface area (TPSA) is 69.6 Å². The van der Waals surface area contributed by atoms with Crippen molar-refractivity contribution in [1.82, 2.24) is 0 Å².